The van der Waals surface area contributed by atoms with E-state index in [0.29, 0.717) is 17.2 Å². The number of nitro benzene ring substituents is 1. The summed E-state index contributed by atoms with van der Waals surface area (Å²) in [5.74, 6) is -0.142. The van der Waals surface area contributed by atoms with E-state index >= 15 is 0 Å². The van der Waals surface area contributed by atoms with Crippen LogP contribution in [0, 0.1) is 27.4 Å². The number of ether oxygens (including phenoxy) is 1. The van der Waals surface area contributed by atoms with E-state index in [9.17, 15) is 14.9 Å². The van der Waals surface area contributed by atoms with E-state index in [4.69, 9.17) is 10.00 Å². The molecule has 1 saturated heterocycles. The Morgan fingerprint density at radius 1 is 1.32 bits per heavy atom. The molecule has 28 heavy (non-hydrogen) atoms. The molecule has 144 valence electrons. The van der Waals surface area contributed by atoms with Gasteiger partial charge in [-0.05, 0) is 48.6 Å². The molecule has 0 aliphatic carbocycles. The molecule has 0 radical (unpaired) electrons. The van der Waals surface area contributed by atoms with E-state index < -0.39 is 10.9 Å². The molecule has 1 heterocycles. The van der Waals surface area contributed by atoms with Crippen LogP contribution < -0.4 is 4.90 Å². The lowest BCUT2D eigenvalue weighted by atomic mass is 9.99. The molecule has 2 aromatic carbocycles. The Balaban J connectivity index is 1.74. The lowest BCUT2D eigenvalue weighted by Gasteiger charge is -2.32. The predicted octanol–water partition coefficient (Wildman–Crippen LogP) is 4.06. The van der Waals surface area contributed by atoms with Gasteiger partial charge in [-0.3, -0.25) is 10.1 Å². The number of nitro groups is 1. The van der Waals surface area contributed by atoms with Crippen LogP contribution in [0.3, 0.4) is 0 Å². The third kappa shape index (κ3) is 4.46. The first-order valence-corrected chi connectivity index (χ1v) is 9.17. The van der Waals surface area contributed by atoms with Gasteiger partial charge in [0.05, 0.1) is 22.1 Å². The van der Waals surface area contributed by atoms with E-state index in [1.54, 1.807) is 36.4 Å². The Morgan fingerprint density at radius 3 is 2.71 bits per heavy atom. The zero-order chi connectivity index (χ0) is 20.1. The second kappa shape index (κ2) is 8.53. The average Bonchev–Trinajstić information content (AvgIpc) is 2.72. The van der Waals surface area contributed by atoms with Crippen molar-refractivity contribution in [2.45, 2.75) is 26.4 Å². The first kappa shape index (κ1) is 19.4. The third-order valence-corrected chi connectivity index (χ3v) is 4.86. The number of nitrogens with zero attached hydrogens (tertiary/aromatic N) is 3. The lowest BCUT2D eigenvalue weighted by Crippen LogP contribution is -2.34. The van der Waals surface area contributed by atoms with Gasteiger partial charge in [-0.2, -0.15) is 5.26 Å². The first-order valence-electron chi connectivity index (χ1n) is 9.17. The van der Waals surface area contributed by atoms with Crippen molar-refractivity contribution >= 4 is 17.3 Å². The fraction of sp³-hybridized carbons (Fsp3) is 0.333. The number of benzene rings is 2. The highest BCUT2D eigenvalue weighted by atomic mass is 16.6. The van der Waals surface area contributed by atoms with E-state index in [2.05, 4.69) is 6.92 Å². The van der Waals surface area contributed by atoms with Gasteiger partial charge >= 0.3 is 5.97 Å². The smallest absolute Gasteiger partial charge is 0.338 e. The van der Waals surface area contributed by atoms with E-state index in [-0.39, 0.29) is 17.9 Å². The quantitative estimate of drug-likeness (QED) is 0.441. The largest absolute Gasteiger partial charge is 0.457 e. The molecule has 0 amide bonds. The maximum absolute atomic E-state index is 12.3. The third-order valence-electron chi connectivity index (χ3n) is 4.86. The van der Waals surface area contributed by atoms with Crippen molar-refractivity contribution in [1.29, 1.82) is 5.26 Å². The van der Waals surface area contributed by atoms with Gasteiger partial charge in [0.1, 0.15) is 12.3 Å². The maximum Gasteiger partial charge on any atom is 0.338 e. The Kier molecular flexibility index (Phi) is 5.90. The molecule has 1 aliphatic rings. The van der Waals surface area contributed by atoms with Gasteiger partial charge in [0.25, 0.3) is 5.69 Å². The predicted molar refractivity (Wildman–Crippen MR) is 104 cm³/mol. The molecule has 1 atom stereocenters. The van der Waals surface area contributed by atoms with Crippen molar-refractivity contribution in [2.24, 2.45) is 5.92 Å². The van der Waals surface area contributed by atoms with E-state index in [1.807, 2.05) is 11.0 Å². The molecule has 0 N–H and O–H groups in total. The summed E-state index contributed by atoms with van der Waals surface area (Å²) >= 11 is 0. The molecule has 0 spiro atoms. The summed E-state index contributed by atoms with van der Waals surface area (Å²) in [7, 11) is 0. The molecule has 2 aromatic rings. The molecule has 0 bridgehead atoms. The molecule has 0 unspecified atom stereocenters. The highest BCUT2D eigenvalue weighted by Gasteiger charge is 2.25. The van der Waals surface area contributed by atoms with Gasteiger partial charge in [-0.15, -0.1) is 0 Å². The van der Waals surface area contributed by atoms with Gasteiger partial charge in [0.15, 0.2) is 0 Å². The summed E-state index contributed by atoms with van der Waals surface area (Å²) in [5, 5.41) is 20.4. The van der Waals surface area contributed by atoms with Gasteiger partial charge in [0.2, 0.25) is 0 Å². The standard InChI is InChI=1S/C21H21N3O4/c1-15-3-2-10-23(13-15)19-9-8-18(11-20(19)24(26)27)21(25)28-14-17-6-4-16(12-22)5-7-17/h4-9,11,15H,2-3,10,13-14H2,1H3/t15-/m0/s1. The molecular weight excluding hydrogens is 358 g/mol. The molecule has 1 aliphatic heterocycles. The van der Waals surface area contributed by atoms with Crippen LogP contribution in [0.1, 0.15) is 41.3 Å². The Labute approximate surface area is 163 Å². The molecule has 1 fully saturated rings. The van der Waals surface area contributed by atoms with Crippen LogP contribution in [0.15, 0.2) is 42.5 Å². The molecule has 7 nitrogen and oxygen atoms in total. The number of nitriles is 1. The number of hydrogen-bond donors (Lipinski definition) is 0. The van der Waals surface area contributed by atoms with Crippen molar-refractivity contribution in [3.05, 3.63) is 69.3 Å². The van der Waals surface area contributed by atoms with Crippen molar-refractivity contribution in [1.82, 2.24) is 0 Å². The van der Waals surface area contributed by atoms with Crippen molar-refractivity contribution in [2.75, 3.05) is 18.0 Å². The fourth-order valence-electron chi connectivity index (χ4n) is 3.38. The van der Waals surface area contributed by atoms with Crippen LogP contribution >= 0.6 is 0 Å². The number of esters is 1. The summed E-state index contributed by atoms with van der Waals surface area (Å²) < 4.78 is 5.27. The van der Waals surface area contributed by atoms with Crippen LogP contribution in [0.2, 0.25) is 0 Å². The monoisotopic (exact) mass is 379 g/mol. The van der Waals surface area contributed by atoms with Crippen molar-refractivity contribution < 1.29 is 14.5 Å². The number of anilines is 1. The normalized spacial score (nSPS) is 16.3. The summed E-state index contributed by atoms with van der Waals surface area (Å²) in [6.45, 7) is 3.70. The second-order valence-electron chi connectivity index (χ2n) is 7.04. The Morgan fingerprint density at radius 2 is 2.07 bits per heavy atom. The number of hydrogen-bond acceptors (Lipinski definition) is 6. The van der Waals surface area contributed by atoms with Crippen LogP contribution in [0.5, 0.6) is 0 Å². The summed E-state index contributed by atoms with van der Waals surface area (Å²) in [6.07, 6.45) is 2.11. The Hall–Kier alpha value is -3.40. The second-order valence-corrected chi connectivity index (χ2v) is 7.04. The summed E-state index contributed by atoms with van der Waals surface area (Å²) in [5.41, 5.74) is 1.87. The number of carbonyl (C=O) groups is 1. The van der Waals surface area contributed by atoms with Gasteiger partial charge in [0, 0.05) is 19.2 Å². The zero-order valence-corrected chi connectivity index (χ0v) is 15.6. The number of piperidine rings is 1. The van der Waals surface area contributed by atoms with Gasteiger partial charge in [-0.1, -0.05) is 19.1 Å². The van der Waals surface area contributed by atoms with E-state index in [0.717, 1.165) is 31.5 Å². The molecule has 7 heteroatoms. The van der Waals surface area contributed by atoms with Gasteiger partial charge in [-0.25, -0.2) is 4.79 Å². The highest BCUT2D eigenvalue weighted by molar-refractivity contribution is 5.91. The van der Waals surface area contributed by atoms with Crippen LogP contribution in [-0.4, -0.2) is 24.0 Å². The number of carbonyl (C=O) groups excluding carboxylic acids is 1. The minimum atomic E-state index is -0.619. The first-order chi connectivity index (χ1) is 13.5. The van der Waals surface area contributed by atoms with E-state index in [1.165, 1.54) is 6.07 Å². The lowest BCUT2D eigenvalue weighted by molar-refractivity contribution is -0.384. The fourth-order valence-corrected chi connectivity index (χ4v) is 3.38. The van der Waals surface area contributed by atoms with Crippen LogP contribution in [-0.2, 0) is 11.3 Å². The van der Waals surface area contributed by atoms with Gasteiger partial charge < -0.3 is 9.64 Å². The zero-order valence-electron chi connectivity index (χ0n) is 15.6. The van der Waals surface area contributed by atoms with Crippen LogP contribution in [0.25, 0.3) is 0 Å². The molecule has 0 aromatic heterocycles. The summed E-state index contributed by atoms with van der Waals surface area (Å²) in [4.78, 5) is 25.5. The highest BCUT2D eigenvalue weighted by Crippen LogP contribution is 2.32. The maximum atomic E-state index is 12.3. The Bertz CT molecular complexity index is 918. The van der Waals surface area contributed by atoms with Crippen molar-refractivity contribution in [3.8, 4) is 6.07 Å². The number of rotatable bonds is 5. The van der Waals surface area contributed by atoms with Crippen LogP contribution in [0.4, 0.5) is 11.4 Å². The van der Waals surface area contributed by atoms with Crippen molar-refractivity contribution in [3.63, 3.8) is 0 Å². The summed E-state index contributed by atoms with van der Waals surface area (Å²) in [6, 6.07) is 13.2. The topological polar surface area (TPSA) is 96.5 Å². The average molecular weight is 379 g/mol. The molecule has 0 saturated carbocycles. The minimum absolute atomic E-state index is 0.0315. The minimum Gasteiger partial charge on any atom is -0.457 e. The molecule has 3 rings (SSSR count). The SMILES string of the molecule is C[C@H]1CCCN(c2ccc(C(=O)OCc3ccc(C#N)cc3)cc2[N+](=O)[O-])C1. The molecular formula is C21H21N3O4.